The van der Waals surface area contributed by atoms with Gasteiger partial charge in [-0.05, 0) is 44.1 Å². The lowest BCUT2D eigenvalue weighted by molar-refractivity contribution is -0.0946. The molecule has 5 heterocycles. The van der Waals surface area contributed by atoms with Gasteiger partial charge in [-0.2, -0.15) is 19.4 Å². The molecule has 2 aliphatic heterocycles. The lowest BCUT2D eigenvalue weighted by Gasteiger charge is -2.39. The highest BCUT2D eigenvalue weighted by molar-refractivity contribution is 7.13. The van der Waals surface area contributed by atoms with Crippen molar-refractivity contribution in [2.24, 2.45) is 0 Å². The molecule has 3 aromatic rings. The number of aryl methyl sites for hydroxylation is 1. The van der Waals surface area contributed by atoms with Gasteiger partial charge in [0.2, 0.25) is 5.95 Å². The van der Waals surface area contributed by atoms with E-state index in [9.17, 15) is 0 Å². The summed E-state index contributed by atoms with van der Waals surface area (Å²) in [5.41, 5.74) is 1.80. The number of ether oxygens (including phenoxy) is 3. The highest BCUT2D eigenvalue weighted by Gasteiger charge is 2.28. The summed E-state index contributed by atoms with van der Waals surface area (Å²) in [6.45, 7) is 8.39. The highest BCUT2D eigenvalue weighted by atomic mass is 32.1. The lowest BCUT2D eigenvalue weighted by atomic mass is 9.90. The largest absolute Gasteiger partial charge is 0.379 e. The first-order valence-electron chi connectivity index (χ1n) is 12.9. The molecule has 0 aromatic carbocycles. The maximum Gasteiger partial charge on any atom is 0.230 e. The van der Waals surface area contributed by atoms with Gasteiger partial charge in [0.15, 0.2) is 4.83 Å². The van der Waals surface area contributed by atoms with Gasteiger partial charge in [0.05, 0.1) is 62.5 Å². The number of rotatable bonds is 7. The van der Waals surface area contributed by atoms with Crippen LogP contribution < -0.4 is 10.6 Å². The van der Waals surface area contributed by atoms with Crippen molar-refractivity contribution in [3.8, 4) is 0 Å². The predicted molar refractivity (Wildman–Crippen MR) is 138 cm³/mol. The molecule has 3 aliphatic rings. The first-order valence-corrected chi connectivity index (χ1v) is 13.7. The third-order valence-corrected chi connectivity index (χ3v) is 8.10. The van der Waals surface area contributed by atoms with Crippen LogP contribution in [0.4, 0.5) is 17.5 Å². The average Bonchev–Trinajstić information content (AvgIpc) is 3.51. The van der Waals surface area contributed by atoms with Gasteiger partial charge < -0.3 is 24.8 Å². The topological polar surface area (TPSA) is 111 Å². The molecular formula is C24H34N8O3S. The maximum atomic E-state index is 5.74. The Morgan fingerprint density at radius 1 is 1.06 bits per heavy atom. The summed E-state index contributed by atoms with van der Waals surface area (Å²) in [7, 11) is 0. The van der Waals surface area contributed by atoms with Crippen LogP contribution in [0.1, 0.15) is 31.4 Å². The fourth-order valence-corrected chi connectivity index (χ4v) is 6.16. The Morgan fingerprint density at radius 2 is 1.92 bits per heavy atom. The minimum Gasteiger partial charge on any atom is -0.379 e. The summed E-state index contributed by atoms with van der Waals surface area (Å²) >= 11 is 1.41. The van der Waals surface area contributed by atoms with Gasteiger partial charge >= 0.3 is 0 Å². The molecule has 0 radical (unpaired) electrons. The van der Waals surface area contributed by atoms with E-state index in [1.165, 1.54) is 24.4 Å². The molecule has 12 heteroatoms. The quantitative estimate of drug-likeness (QED) is 0.488. The van der Waals surface area contributed by atoms with Crippen molar-refractivity contribution in [3.63, 3.8) is 0 Å². The Bertz CT molecular complexity index is 1150. The SMILES string of the molecule is Cc1nsc2nc(Nc3cnn(C[C@H]4COCCO4)c3)nc(NC3CCC(N4CCOCC4)CC3)c12. The zero-order chi connectivity index (χ0) is 24.3. The molecule has 2 N–H and O–H groups in total. The van der Waals surface area contributed by atoms with Crippen LogP contribution in [-0.4, -0.2) is 93.3 Å². The number of morpholine rings is 1. The van der Waals surface area contributed by atoms with Gasteiger partial charge in [-0.15, -0.1) is 0 Å². The summed E-state index contributed by atoms with van der Waals surface area (Å²) in [6.07, 6.45) is 8.42. The van der Waals surface area contributed by atoms with Gasteiger partial charge in [0, 0.05) is 31.4 Å². The van der Waals surface area contributed by atoms with Crippen LogP contribution in [0, 0.1) is 6.92 Å². The fraction of sp³-hybridized carbons (Fsp3) is 0.667. The molecule has 2 saturated heterocycles. The third kappa shape index (κ3) is 5.47. The van der Waals surface area contributed by atoms with E-state index in [1.807, 2.05) is 17.8 Å². The molecule has 3 fully saturated rings. The average molecular weight is 515 g/mol. The monoisotopic (exact) mass is 514 g/mol. The van der Waals surface area contributed by atoms with Gasteiger partial charge in [-0.1, -0.05) is 0 Å². The number of nitrogens with zero attached hydrogens (tertiary/aromatic N) is 6. The van der Waals surface area contributed by atoms with E-state index in [-0.39, 0.29) is 6.10 Å². The first-order chi connectivity index (χ1) is 17.7. The van der Waals surface area contributed by atoms with Crippen LogP contribution in [0.15, 0.2) is 12.4 Å². The van der Waals surface area contributed by atoms with E-state index < -0.39 is 0 Å². The Kier molecular flexibility index (Phi) is 7.28. The molecule has 36 heavy (non-hydrogen) atoms. The number of hydrogen-bond donors (Lipinski definition) is 2. The molecule has 0 unspecified atom stereocenters. The number of aromatic nitrogens is 5. The van der Waals surface area contributed by atoms with Crippen molar-refractivity contribution in [2.45, 2.75) is 57.3 Å². The van der Waals surface area contributed by atoms with Crippen molar-refractivity contribution in [1.82, 2.24) is 29.0 Å². The lowest BCUT2D eigenvalue weighted by Crippen LogP contribution is -2.46. The molecule has 1 saturated carbocycles. The molecular weight excluding hydrogens is 480 g/mol. The zero-order valence-corrected chi connectivity index (χ0v) is 21.5. The van der Waals surface area contributed by atoms with E-state index in [0.717, 1.165) is 66.6 Å². The molecule has 194 valence electrons. The Balaban J connectivity index is 1.13. The summed E-state index contributed by atoms with van der Waals surface area (Å²) in [4.78, 5) is 13.1. The van der Waals surface area contributed by atoms with Crippen molar-refractivity contribution in [1.29, 1.82) is 0 Å². The molecule has 1 atom stereocenters. The highest BCUT2D eigenvalue weighted by Crippen LogP contribution is 2.32. The van der Waals surface area contributed by atoms with E-state index in [4.69, 9.17) is 24.2 Å². The molecule has 3 aromatic heterocycles. The standard InChI is InChI=1S/C24H34N8O3S/c1-16-21-22(26-17-2-4-19(5-3-17)31-6-8-33-9-7-31)28-24(29-23(21)36-30-16)27-18-12-25-32(13-18)14-20-15-34-10-11-35-20/h12-13,17,19-20H,2-11,14-15H2,1H3,(H2,26,27,28,29)/t17?,19?,20-/m0/s1. The maximum absolute atomic E-state index is 5.74. The minimum absolute atomic E-state index is 0.0217. The van der Waals surface area contributed by atoms with Crippen molar-refractivity contribution in [3.05, 3.63) is 18.1 Å². The summed E-state index contributed by atoms with van der Waals surface area (Å²) in [5.74, 6) is 1.41. The number of anilines is 3. The smallest absolute Gasteiger partial charge is 0.230 e. The van der Waals surface area contributed by atoms with Crippen LogP contribution in [0.3, 0.4) is 0 Å². The molecule has 11 nitrogen and oxygen atoms in total. The number of fused-ring (bicyclic) bond motifs is 1. The van der Waals surface area contributed by atoms with Crippen LogP contribution in [0.5, 0.6) is 0 Å². The molecule has 1 aliphatic carbocycles. The molecule has 0 spiro atoms. The number of hydrogen-bond acceptors (Lipinski definition) is 11. The van der Waals surface area contributed by atoms with Crippen LogP contribution in [0.2, 0.25) is 0 Å². The molecule has 0 amide bonds. The second kappa shape index (κ2) is 10.9. The zero-order valence-electron chi connectivity index (χ0n) is 20.7. The second-order valence-electron chi connectivity index (χ2n) is 9.79. The number of nitrogens with one attached hydrogen (secondary N) is 2. The van der Waals surface area contributed by atoms with Gasteiger partial charge in [0.1, 0.15) is 11.9 Å². The summed E-state index contributed by atoms with van der Waals surface area (Å²) < 4.78 is 23.2. The second-order valence-corrected chi connectivity index (χ2v) is 10.5. The summed E-state index contributed by atoms with van der Waals surface area (Å²) in [5, 5.41) is 12.6. The normalized spacial score (nSPS) is 25.8. The van der Waals surface area contributed by atoms with Crippen molar-refractivity contribution >= 4 is 39.2 Å². The van der Waals surface area contributed by atoms with Crippen LogP contribution in [-0.2, 0) is 20.8 Å². The fourth-order valence-electron chi connectivity index (χ4n) is 5.38. The minimum atomic E-state index is 0.0217. The van der Waals surface area contributed by atoms with Crippen molar-refractivity contribution in [2.75, 3.05) is 56.8 Å². The van der Waals surface area contributed by atoms with Gasteiger partial charge in [-0.25, -0.2) is 0 Å². The summed E-state index contributed by atoms with van der Waals surface area (Å²) in [6, 6.07) is 1.06. The van der Waals surface area contributed by atoms with Crippen LogP contribution in [0.25, 0.3) is 10.2 Å². The Labute approximate surface area is 214 Å². The van der Waals surface area contributed by atoms with E-state index in [2.05, 4.69) is 25.0 Å². The molecule has 6 rings (SSSR count). The van der Waals surface area contributed by atoms with Crippen LogP contribution >= 0.6 is 11.5 Å². The first kappa shape index (κ1) is 24.0. The van der Waals surface area contributed by atoms with E-state index in [1.54, 1.807) is 6.20 Å². The molecule has 0 bridgehead atoms. The predicted octanol–water partition coefficient (Wildman–Crippen LogP) is 2.81. The third-order valence-electron chi connectivity index (χ3n) is 7.27. The Morgan fingerprint density at radius 3 is 2.72 bits per heavy atom. The van der Waals surface area contributed by atoms with Crippen molar-refractivity contribution < 1.29 is 14.2 Å². The Hall–Kier alpha value is -2.38. The van der Waals surface area contributed by atoms with Gasteiger partial charge in [-0.3, -0.25) is 9.58 Å². The van der Waals surface area contributed by atoms with Gasteiger partial charge in [0.25, 0.3) is 0 Å². The van der Waals surface area contributed by atoms with E-state index in [0.29, 0.717) is 44.4 Å². The van der Waals surface area contributed by atoms with E-state index >= 15 is 0 Å².